The largest absolute Gasteiger partial charge is 0.417 e. The molecule has 0 atom stereocenters. The predicted molar refractivity (Wildman–Crippen MR) is 169 cm³/mol. The van der Waals surface area contributed by atoms with E-state index < -0.39 is 11.7 Å². The molecule has 0 amide bonds. The highest BCUT2D eigenvalue weighted by Gasteiger charge is 2.37. The number of pyridine rings is 2. The molecule has 5 heteroatoms. The van der Waals surface area contributed by atoms with Crippen LogP contribution in [0.2, 0.25) is 0 Å². The summed E-state index contributed by atoms with van der Waals surface area (Å²) in [6.07, 6.45) is -1.80. The third-order valence-corrected chi connectivity index (χ3v) is 9.02. The molecule has 7 aromatic rings. The first-order chi connectivity index (χ1) is 19.6. The molecule has 0 fully saturated rings. The number of aryl methyl sites for hydroxylation is 2. The van der Waals surface area contributed by atoms with Gasteiger partial charge in [-0.25, -0.2) is 4.57 Å². The van der Waals surface area contributed by atoms with Gasteiger partial charge < -0.3 is 4.40 Å². The van der Waals surface area contributed by atoms with Gasteiger partial charge in [-0.1, -0.05) is 77.9 Å². The Hall–Kier alpha value is -3.86. The van der Waals surface area contributed by atoms with Crippen molar-refractivity contribution < 1.29 is 17.7 Å². The van der Waals surface area contributed by atoms with Crippen molar-refractivity contribution >= 4 is 59.8 Å². The van der Waals surface area contributed by atoms with E-state index in [1.54, 1.807) is 0 Å². The second kappa shape index (κ2) is 8.37. The molecule has 3 heterocycles. The molecule has 0 aliphatic heterocycles. The summed E-state index contributed by atoms with van der Waals surface area (Å²) in [6.45, 7) is 15.6. The molecule has 0 bridgehead atoms. The van der Waals surface area contributed by atoms with Crippen LogP contribution in [-0.2, 0) is 25.1 Å². The molecule has 0 unspecified atom stereocenters. The molecule has 0 saturated carbocycles. The normalized spacial score (nSPS) is 13.7. The molecule has 214 valence electrons. The fraction of sp³-hybridized carbons (Fsp3) is 0.324. The average molecular weight is 566 g/mol. The molecule has 0 saturated heterocycles. The number of hydrogen-bond acceptors (Lipinski definition) is 0. The van der Waals surface area contributed by atoms with Crippen molar-refractivity contribution in [3.63, 3.8) is 0 Å². The number of para-hydroxylation sites is 1. The van der Waals surface area contributed by atoms with E-state index in [0.717, 1.165) is 39.3 Å². The Morgan fingerprint density at radius 3 is 2.14 bits per heavy atom. The van der Waals surface area contributed by atoms with E-state index in [1.807, 2.05) is 43.6 Å². The molecular formula is C37H36F3N2+. The Bertz CT molecular complexity index is 2240. The zero-order chi connectivity index (χ0) is 30.1. The van der Waals surface area contributed by atoms with Crippen LogP contribution in [0.1, 0.15) is 63.8 Å². The maximum Gasteiger partial charge on any atom is 0.417 e. The molecular weight excluding hydrogens is 529 g/mol. The summed E-state index contributed by atoms with van der Waals surface area (Å²) in [7, 11) is 2.01. The van der Waals surface area contributed by atoms with E-state index in [0.29, 0.717) is 16.3 Å². The van der Waals surface area contributed by atoms with Crippen molar-refractivity contribution in [3.8, 4) is 0 Å². The molecule has 2 nitrogen and oxygen atoms in total. The van der Waals surface area contributed by atoms with Crippen LogP contribution in [-0.4, -0.2) is 4.40 Å². The number of benzene rings is 4. The first-order valence-corrected chi connectivity index (χ1v) is 14.6. The van der Waals surface area contributed by atoms with Crippen molar-refractivity contribution in [2.75, 3.05) is 0 Å². The van der Waals surface area contributed by atoms with Crippen molar-refractivity contribution in [3.05, 3.63) is 83.0 Å². The Kier molecular flexibility index (Phi) is 5.38. The van der Waals surface area contributed by atoms with Gasteiger partial charge >= 0.3 is 6.18 Å². The van der Waals surface area contributed by atoms with Crippen LogP contribution in [0, 0.1) is 12.3 Å². The average Bonchev–Trinajstić information content (AvgIpc) is 3.24. The summed E-state index contributed by atoms with van der Waals surface area (Å²) < 4.78 is 48.6. The van der Waals surface area contributed by atoms with Gasteiger partial charge in [-0.3, -0.25) is 0 Å². The lowest BCUT2D eigenvalue weighted by molar-refractivity contribution is -0.643. The summed E-state index contributed by atoms with van der Waals surface area (Å²) >= 11 is 0. The molecule has 0 spiro atoms. The fourth-order valence-corrected chi connectivity index (χ4v) is 7.19. The quantitative estimate of drug-likeness (QED) is 0.106. The van der Waals surface area contributed by atoms with Crippen LogP contribution in [0.25, 0.3) is 59.8 Å². The van der Waals surface area contributed by atoms with Crippen LogP contribution in [0.15, 0.2) is 60.8 Å². The van der Waals surface area contributed by atoms with Gasteiger partial charge in [0.25, 0.3) is 0 Å². The summed E-state index contributed by atoms with van der Waals surface area (Å²) in [5.74, 6) is 0. The maximum atomic E-state index is 14.8. The van der Waals surface area contributed by atoms with E-state index in [-0.39, 0.29) is 16.2 Å². The lowest BCUT2D eigenvalue weighted by Crippen LogP contribution is -2.29. The van der Waals surface area contributed by atoms with Gasteiger partial charge in [-0.05, 0) is 69.2 Å². The van der Waals surface area contributed by atoms with Gasteiger partial charge in [0, 0.05) is 16.8 Å². The number of rotatable bonds is 1. The topological polar surface area (TPSA) is 8.29 Å². The minimum absolute atomic E-state index is 0.0191. The Labute approximate surface area is 243 Å². The first-order valence-electron chi connectivity index (χ1n) is 14.6. The highest BCUT2D eigenvalue weighted by atomic mass is 19.4. The molecule has 4 aromatic carbocycles. The molecule has 0 radical (unpaired) electrons. The van der Waals surface area contributed by atoms with Crippen molar-refractivity contribution in [2.24, 2.45) is 12.5 Å². The number of alkyl halides is 3. The molecule has 0 aliphatic carbocycles. The predicted octanol–water partition coefficient (Wildman–Crippen LogP) is 10.2. The maximum absolute atomic E-state index is 14.8. The number of hydrogen-bond donors (Lipinski definition) is 0. The van der Waals surface area contributed by atoms with Crippen LogP contribution < -0.4 is 4.57 Å². The van der Waals surface area contributed by atoms with E-state index in [2.05, 4.69) is 75.6 Å². The highest BCUT2D eigenvalue weighted by molar-refractivity contribution is 6.29. The lowest BCUT2D eigenvalue weighted by Gasteiger charge is -2.26. The van der Waals surface area contributed by atoms with Crippen LogP contribution in [0.4, 0.5) is 13.2 Å². The van der Waals surface area contributed by atoms with E-state index in [1.165, 1.54) is 28.0 Å². The van der Waals surface area contributed by atoms with Gasteiger partial charge in [0.15, 0.2) is 6.20 Å². The molecule has 3 aromatic heterocycles. The smallest absolute Gasteiger partial charge is 0.307 e. The van der Waals surface area contributed by atoms with E-state index in [4.69, 9.17) is 0 Å². The van der Waals surface area contributed by atoms with Gasteiger partial charge in [-0.15, -0.1) is 0 Å². The van der Waals surface area contributed by atoms with E-state index >= 15 is 0 Å². The molecule has 42 heavy (non-hydrogen) atoms. The van der Waals surface area contributed by atoms with Crippen LogP contribution in [0.5, 0.6) is 0 Å². The van der Waals surface area contributed by atoms with Gasteiger partial charge in [0.2, 0.25) is 5.52 Å². The third kappa shape index (κ3) is 3.68. The monoisotopic (exact) mass is 565 g/mol. The summed E-state index contributed by atoms with van der Waals surface area (Å²) in [5, 5.41) is 5.89. The number of aromatic nitrogens is 2. The van der Waals surface area contributed by atoms with Crippen molar-refractivity contribution in [1.29, 1.82) is 0 Å². The van der Waals surface area contributed by atoms with Gasteiger partial charge in [-0.2, -0.15) is 13.2 Å². The molecule has 0 N–H and O–H groups in total. The minimum Gasteiger partial charge on any atom is -0.307 e. The SMILES string of the molecule is Cc1c2cc(C(C)(C)C)ccc2c(CC(C)(C)C)c2c1c1c3c(cc[n+]1C)cc(C(F)(F)F)c1c4ccccc4n2c13. The van der Waals surface area contributed by atoms with Crippen molar-refractivity contribution in [1.82, 2.24) is 4.40 Å². The lowest BCUT2D eigenvalue weighted by atomic mass is 9.80. The second-order valence-corrected chi connectivity index (χ2v) is 14.3. The second-order valence-electron chi connectivity index (χ2n) is 14.3. The molecule has 0 aliphatic rings. The summed E-state index contributed by atoms with van der Waals surface area (Å²) in [5.41, 5.74) is 6.41. The van der Waals surface area contributed by atoms with E-state index in [9.17, 15) is 13.2 Å². The molecule has 7 rings (SSSR count). The number of halogens is 3. The standard InChI is InChI=1S/C37H36F3N2/c1-20-25-18-22(36(5,6)7)13-14-23(25)26(19-35(2,3)4)32-29(20)33-30-21(15-16-41(33)8)17-27(37(38,39)40)31-24-11-9-10-12-28(24)42(32)34(30)31/h9-18H,19H2,1-8H3/q+1. The Morgan fingerprint density at radius 2 is 1.48 bits per heavy atom. The third-order valence-electron chi connectivity index (χ3n) is 9.02. The summed E-state index contributed by atoms with van der Waals surface area (Å²) in [4.78, 5) is 0. The zero-order valence-corrected chi connectivity index (χ0v) is 25.5. The van der Waals surface area contributed by atoms with Gasteiger partial charge in [0.1, 0.15) is 7.05 Å². The number of fused-ring (bicyclic) bond motifs is 7. The Balaban J connectivity index is 1.90. The van der Waals surface area contributed by atoms with Crippen LogP contribution in [0.3, 0.4) is 0 Å². The zero-order valence-electron chi connectivity index (χ0n) is 25.5. The fourth-order valence-electron chi connectivity index (χ4n) is 7.19. The van der Waals surface area contributed by atoms with Crippen LogP contribution >= 0.6 is 0 Å². The van der Waals surface area contributed by atoms with Crippen molar-refractivity contribution in [2.45, 2.75) is 66.5 Å². The minimum atomic E-state index is -4.49. The van der Waals surface area contributed by atoms with Gasteiger partial charge in [0.05, 0.1) is 32.9 Å². The summed E-state index contributed by atoms with van der Waals surface area (Å²) in [6, 6.07) is 17.6. The number of nitrogens with zero attached hydrogens (tertiary/aromatic N) is 2. The highest BCUT2D eigenvalue weighted by Crippen LogP contribution is 2.49. The first kappa shape index (κ1) is 27.0. The Morgan fingerprint density at radius 1 is 0.762 bits per heavy atom.